The number of nitriles is 1. The number of alkyl halides is 6. The first-order valence-electron chi connectivity index (χ1n) is 15.0. The normalized spacial score (nSPS) is 28.6. The molecule has 1 aromatic carbocycles. The Morgan fingerprint density at radius 3 is 2.27 bits per heavy atom. The number of benzene rings is 1. The molecule has 2 N–H and O–H groups in total. The average molecular weight is 618 g/mol. The molecule has 6 rings (SSSR count). The SMILES string of the molecule is N#Cc1ccc(NC2CCC3(CC2)C2C=CC23CC(=O)N2CCC(Nc3ccnc(C(F)(F)F)c3)CC2)cc1C(F)C(F)F. The first-order valence-corrected chi connectivity index (χ1v) is 15.0. The summed E-state index contributed by atoms with van der Waals surface area (Å²) < 4.78 is 79.1. The van der Waals surface area contributed by atoms with Crippen LogP contribution < -0.4 is 10.6 Å². The number of hydrogen-bond acceptors (Lipinski definition) is 5. The van der Waals surface area contributed by atoms with E-state index in [2.05, 4.69) is 27.8 Å². The molecule has 3 aliphatic carbocycles. The molecular formula is C32H33F6N5O. The number of halogens is 6. The third-order valence-electron chi connectivity index (χ3n) is 10.2. The summed E-state index contributed by atoms with van der Waals surface area (Å²) in [5.74, 6) is 0.455. The summed E-state index contributed by atoms with van der Waals surface area (Å²) in [7, 11) is 0. The molecule has 1 spiro atoms. The lowest BCUT2D eigenvalue weighted by Gasteiger charge is -2.36. The Morgan fingerprint density at radius 1 is 1.02 bits per heavy atom. The summed E-state index contributed by atoms with van der Waals surface area (Å²) in [4.78, 5) is 18.7. The predicted octanol–water partition coefficient (Wildman–Crippen LogP) is 7.27. The summed E-state index contributed by atoms with van der Waals surface area (Å²) in [6, 6.07) is 8.61. The topological polar surface area (TPSA) is 81.0 Å². The minimum Gasteiger partial charge on any atom is -0.382 e. The number of nitrogens with one attached hydrogen (secondary N) is 2. The van der Waals surface area contributed by atoms with E-state index in [4.69, 9.17) is 0 Å². The highest BCUT2D eigenvalue weighted by Gasteiger charge is 2.77. The molecule has 2 heterocycles. The summed E-state index contributed by atoms with van der Waals surface area (Å²) >= 11 is 0. The van der Waals surface area contributed by atoms with Crippen LogP contribution in [0.15, 0.2) is 48.7 Å². The zero-order valence-corrected chi connectivity index (χ0v) is 23.9. The van der Waals surface area contributed by atoms with Gasteiger partial charge in [-0.15, -0.1) is 0 Å². The zero-order valence-electron chi connectivity index (χ0n) is 23.9. The highest BCUT2D eigenvalue weighted by atomic mass is 19.4. The molecule has 2 aromatic rings. The van der Waals surface area contributed by atoms with Crippen LogP contribution in [0, 0.1) is 28.1 Å². The predicted molar refractivity (Wildman–Crippen MR) is 151 cm³/mol. The van der Waals surface area contributed by atoms with Gasteiger partial charge in [-0.25, -0.2) is 13.2 Å². The number of hydrogen-bond donors (Lipinski definition) is 2. The quantitative estimate of drug-likeness (QED) is 0.241. The first-order chi connectivity index (χ1) is 21.0. The second-order valence-electron chi connectivity index (χ2n) is 12.5. The Kier molecular flexibility index (Phi) is 7.79. The van der Waals surface area contributed by atoms with E-state index >= 15 is 0 Å². The number of rotatable bonds is 8. The molecule has 1 aromatic heterocycles. The van der Waals surface area contributed by atoms with Gasteiger partial charge >= 0.3 is 6.18 Å². The van der Waals surface area contributed by atoms with Crippen molar-refractivity contribution in [3.8, 4) is 6.07 Å². The lowest BCUT2D eigenvalue weighted by atomic mass is 9.76. The van der Waals surface area contributed by atoms with Gasteiger partial charge in [0.15, 0.2) is 6.17 Å². The van der Waals surface area contributed by atoms with Gasteiger partial charge in [-0.05, 0) is 80.2 Å². The van der Waals surface area contributed by atoms with Gasteiger partial charge in [0.1, 0.15) is 5.69 Å². The van der Waals surface area contributed by atoms with Crippen molar-refractivity contribution in [2.75, 3.05) is 23.7 Å². The van der Waals surface area contributed by atoms with Crippen molar-refractivity contribution in [3.63, 3.8) is 0 Å². The largest absolute Gasteiger partial charge is 0.433 e. The maximum absolute atomic E-state index is 14.1. The van der Waals surface area contributed by atoms with Crippen LogP contribution >= 0.6 is 0 Å². The molecule has 234 valence electrons. The van der Waals surface area contributed by atoms with Crippen LogP contribution in [0.1, 0.15) is 67.9 Å². The number of pyridine rings is 1. The second kappa shape index (κ2) is 11.3. The maximum Gasteiger partial charge on any atom is 0.433 e. The molecular weight excluding hydrogens is 584 g/mol. The molecule has 12 heteroatoms. The number of anilines is 2. The first kappa shape index (κ1) is 30.3. The van der Waals surface area contributed by atoms with Crippen molar-refractivity contribution in [3.05, 3.63) is 65.5 Å². The van der Waals surface area contributed by atoms with Crippen LogP contribution in [0.4, 0.5) is 37.7 Å². The maximum atomic E-state index is 14.1. The van der Waals surface area contributed by atoms with E-state index in [1.165, 1.54) is 18.2 Å². The number of allylic oxidation sites excluding steroid dienone is 2. The van der Waals surface area contributed by atoms with Crippen LogP contribution in [-0.4, -0.2) is 47.4 Å². The van der Waals surface area contributed by atoms with Gasteiger partial charge in [-0.3, -0.25) is 9.78 Å². The number of nitrogens with zero attached hydrogens (tertiary/aromatic N) is 3. The Balaban J connectivity index is 1.00. The molecule has 3 fully saturated rings. The van der Waals surface area contributed by atoms with E-state index in [1.807, 2.05) is 4.90 Å². The molecule has 4 aliphatic rings. The highest BCUT2D eigenvalue weighted by Crippen LogP contribution is 2.82. The van der Waals surface area contributed by atoms with Crippen LogP contribution in [0.3, 0.4) is 0 Å². The minimum absolute atomic E-state index is 0.0355. The van der Waals surface area contributed by atoms with Crippen LogP contribution in [0.5, 0.6) is 0 Å². The summed E-state index contributed by atoms with van der Waals surface area (Å²) in [5, 5.41) is 15.7. The van der Waals surface area contributed by atoms with Crippen molar-refractivity contribution in [2.45, 2.75) is 75.8 Å². The molecule has 1 aliphatic heterocycles. The van der Waals surface area contributed by atoms with Gasteiger partial charge in [-0.2, -0.15) is 18.4 Å². The summed E-state index contributed by atoms with van der Waals surface area (Å²) in [5.41, 5.74) is -0.593. The van der Waals surface area contributed by atoms with Gasteiger partial charge in [0.05, 0.1) is 11.6 Å². The Hall–Kier alpha value is -3.75. The van der Waals surface area contributed by atoms with Gasteiger partial charge < -0.3 is 15.5 Å². The standard InChI is InChI=1S/C32H33F6N5O/c33-28(29(34)35)24-15-22(2-1-19(24)18-39)41-20-3-9-30(10-4-20)25-5-11-31(25,30)17-27(44)43-13-7-21(8-14-43)42-23-6-12-40-26(16-23)32(36,37)38/h1-2,5-6,11-12,15-16,20-21,25,28-29,41H,3-4,7-10,13-14,17H2,(H,40,42). The fraction of sp³-hybridized carbons (Fsp3) is 0.531. The summed E-state index contributed by atoms with van der Waals surface area (Å²) in [6.45, 7) is 1.07. The summed E-state index contributed by atoms with van der Waals surface area (Å²) in [6.07, 6.45) is 0.417. The van der Waals surface area contributed by atoms with Crippen LogP contribution in [0.2, 0.25) is 0 Å². The number of carbonyl (C=O) groups excluding carboxylic acids is 1. The molecule has 6 nitrogen and oxygen atoms in total. The van der Waals surface area contributed by atoms with Crippen molar-refractivity contribution in [2.24, 2.45) is 16.7 Å². The van der Waals surface area contributed by atoms with Crippen molar-refractivity contribution >= 4 is 17.3 Å². The number of piperidine rings is 1. The van der Waals surface area contributed by atoms with E-state index in [0.29, 0.717) is 49.6 Å². The van der Waals surface area contributed by atoms with E-state index in [-0.39, 0.29) is 39.9 Å². The van der Waals surface area contributed by atoms with Gasteiger partial charge in [0.2, 0.25) is 5.91 Å². The fourth-order valence-corrected chi connectivity index (χ4v) is 7.80. The molecule has 0 radical (unpaired) electrons. The molecule has 3 unspecified atom stereocenters. The molecule has 1 amide bonds. The van der Waals surface area contributed by atoms with E-state index < -0.39 is 24.5 Å². The smallest absolute Gasteiger partial charge is 0.382 e. The average Bonchev–Trinajstić information content (AvgIpc) is 3.37. The third kappa shape index (κ3) is 5.39. The zero-order chi connectivity index (χ0) is 31.3. The number of amides is 1. The Morgan fingerprint density at radius 2 is 1.68 bits per heavy atom. The van der Waals surface area contributed by atoms with Crippen LogP contribution in [0.25, 0.3) is 0 Å². The van der Waals surface area contributed by atoms with Crippen molar-refractivity contribution < 1.29 is 31.1 Å². The fourth-order valence-electron chi connectivity index (χ4n) is 7.80. The van der Waals surface area contributed by atoms with Crippen molar-refractivity contribution in [1.29, 1.82) is 5.26 Å². The molecule has 2 saturated carbocycles. The van der Waals surface area contributed by atoms with Gasteiger partial charge in [-0.1, -0.05) is 12.2 Å². The lowest BCUT2D eigenvalue weighted by molar-refractivity contribution is -0.141. The number of carbonyl (C=O) groups is 1. The monoisotopic (exact) mass is 617 g/mol. The number of aromatic nitrogens is 1. The Bertz CT molecular complexity index is 1470. The van der Waals surface area contributed by atoms with E-state index in [0.717, 1.165) is 37.9 Å². The van der Waals surface area contributed by atoms with Gasteiger partial charge in [0.25, 0.3) is 6.43 Å². The number of likely N-dealkylation sites (tertiary alicyclic amines) is 1. The Labute approximate surface area is 251 Å². The van der Waals surface area contributed by atoms with E-state index in [1.54, 1.807) is 12.1 Å². The highest BCUT2D eigenvalue weighted by molar-refractivity contribution is 5.79. The van der Waals surface area contributed by atoms with Crippen LogP contribution in [-0.2, 0) is 11.0 Å². The minimum atomic E-state index is -4.51. The van der Waals surface area contributed by atoms with Gasteiger partial charge in [0, 0.05) is 60.1 Å². The second-order valence-corrected chi connectivity index (χ2v) is 12.5. The van der Waals surface area contributed by atoms with E-state index in [9.17, 15) is 36.4 Å². The van der Waals surface area contributed by atoms with Crippen molar-refractivity contribution in [1.82, 2.24) is 9.88 Å². The molecule has 0 bridgehead atoms. The number of fused-ring (bicyclic) bond motifs is 3. The third-order valence-corrected chi connectivity index (χ3v) is 10.2. The molecule has 1 saturated heterocycles. The molecule has 44 heavy (non-hydrogen) atoms. The lowest BCUT2D eigenvalue weighted by Crippen LogP contribution is -2.43. The molecule has 3 atom stereocenters.